The molecule has 0 atom stereocenters. The standard InChI is InChI=1S/C13H17N3/c14-11-6-7-13-15-12(9-16(13)8-11)10-4-2-1-3-5-10/h6-10H,1-5,14H2. The molecule has 2 heterocycles. The highest BCUT2D eigenvalue weighted by molar-refractivity contribution is 5.48. The number of rotatable bonds is 1. The van der Waals surface area contributed by atoms with Gasteiger partial charge in [0.25, 0.3) is 0 Å². The Balaban J connectivity index is 1.97. The zero-order chi connectivity index (χ0) is 11.0. The van der Waals surface area contributed by atoms with E-state index in [-0.39, 0.29) is 0 Å². The minimum Gasteiger partial charge on any atom is -0.398 e. The van der Waals surface area contributed by atoms with Crippen LogP contribution in [-0.2, 0) is 0 Å². The number of pyridine rings is 1. The summed E-state index contributed by atoms with van der Waals surface area (Å²) < 4.78 is 2.04. The van der Waals surface area contributed by atoms with Crippen molar-refractivity contribution >= 4 is 11.3 Å². The second-order valence-corrected chi connectivity index (χ2v) is 4.73. The summed E-state index contributed by atoms with van der Waals surface area (Å²) in [6.45, 7) is 0. The molecule has 3 rings (SSSR count). The maximum Gasteiger partial charge on any atom is 0.137 e. The van der Waals surface area contributed by atoms with Gasteiger partial charge in [-0.15, -0.1) is 0 Å². The molecular formula is C13H17N3. The number of nitrogens with two attached hydrogens (primary N) is 1. The normalized spacial score (nSPS) is 18.0. The number of nitrogens with zero attached hydrogens (tertiary/aromatic N) is 2. The maximum absolute atomic E-state index is 5.76. The van der Waals surface area contributed by atoms with Gasteiger partial charge in [-0.3, -0.25) is 0 Å². The third kappa shape index (κ3) is 1.66. The van der Waals surface area contributed by atoms with E-state index in [0.717, 1.165) is 11.3 Å². The van der Waals surface area contributed by atoms with Crippen molar-refractivity contribution in [3.8, 4) is 0 Å². The summed E-state index contributed by atoms with van der Waals surface area (Å²) in [7, 11) is 0. The Hall–Kier alpha value is -1.51. The van der Waals surface area contributed by atoms with Gasteiger partial charge in [0.05, 0.1) is 5.69 Å². The van der Waals surface area contributed by atoms with Gasteiger partial charge < -0.3 is 10.1 Å². The molecule has 3 heteroatoms. The van der Waals surface area contributed by atoms with Crippen molar-refractivity contribution in [2.75, 3.05) is 5.73 Å². The minimum atomic E-state index is 0.662. The van der Waals surface area contributed by atoms with Crippen LogP contribution in [0, 0.1) is 0 Å². The summed E-state index contributed by atoms with van der Waals surface area (Å²) >= 11 is 0. The van der Waals surface area contributed by atoms with Crippen LogP contribution in [0.1, 0.15) is 43.7 Å². The van der Waals surface area contributed by atoms with Gasteiger partial charge in [0.2, 0.25) is 0 Å². The molecular weight excluding hydrogens is 198 g/mol. The zero-order valence-corrected chi connectivity index (χ0v) is 9.39. The predicted octanol–water partition coefficient (Wildman–Crippen LogP) is 2.96. The van der Waals surface area contributed by atoms with Gasteiger partial charge in [-0.25, -0.2) is 4.98 Å². The van der Waals surface area contributed by atoms with Crippen molar-refractivity contribution in [3.63, 3.8) is 0 Å². The highest BCUT2D eigenvalue weighted by atomic mass is 15.0. The fraction of sp³-hybridized carbons (Fsp3) is 0.462. The third-order valence-corrected chi connectivity index (χ3v) is 3.52. The van der Waals surface area contributed by atoms with Crippen LogP contribution in [0.5, 0.6) is 0 Å². The average molecular weight is 215 g/mol. The first-order valence-corrected chi connectivity index (χ1v) is 6.07. The van der Waals surface area contributed by atoms with E-state index >= 15 is 0 Å². The number of hydrogen-bond acceptors (Lipinski definition) is 2. The molecule has 2 aromatic heterocycles. The van der Waals surface area contributed by atoms with Crippen molar-refractivity contribution in [1.82, 2.24) is 9.38 Å². The summed E-state index contributed by atoms with van der Waals surface area (Å²) in [5.74, 6) is 0.662. The molecule has 1 aliphatic carbocycles. The number of nitrogen functional groups attached to an aromatic ring is 1. The smallest absolute Gasteiger partial charge is 0.137 e. The molecule has 0 bridgehead atoms. The monoisotopic (exact) mass is 215 g/mol. The lowest BCUT2D eigenvalue weighted by Gasteiger charge is -2.19. The predicted molar refractivity (Wildman–Crippen MR) is 65.4 cm³/mol. The number of imidazole rings is 1. The molecule has 3 nitrogen and oxygen atoms in total. The number of fused-ring (bicyclic) bond motifs is 1. The van der Waals surface area contributed by atoms with Gasteiger partial charge in [-0.1, -0.05) is 19.3 Å². The highest BCUT2D eigenvalue weighted by Crippen LogP contribution is 2.32. The summed E-state index contributed by atoms with van der Waals surface area (Å²) in [5.41, 5.74) is 8.80. The van der Waals surface area contributed by atoms with Gasteiger partial charge in [0.15, 0.2) is 0 Å². The molecule has 0 aromatic carbocycles. The quantitative estimate of drug-likeness (QED) is 0.794. The molecule has 1 fully saturated rings. The van der Waals surface area contributed by atoms with E-state index in [9.17, 15) is 0 Å². The van der Waals surface area contributed by atoms with Crippen LogP contribution in [0.2, 0.25) is 0 Å². The fourth-order valence-corrected chi connectivity index (χ4v) is 2.62. The van der Waals surface area contributed by atoms with Crippen LogP contribution in [0.4, 0.5) is 5.69 Å². The molecule has 2 N–H and O–H groups in total. The maximum atomic E-state index is 5.76. The average Bonchev–Trinajstić information content (AvgIpc) is 2.73. The molecule has 1 aliphatic rings. The van der Waals surface area contributed by atoms with Crippen LogP contribution in [0.15, 0.2) is 24.5 Å². The van der Waals surface area contributed by atoms with Gasteiger partial charge in [0, 0.05) is 24.0 Å². The molecule has 0 radical (unpaired) electrons. The Bertz CT molecular complexity index is 495. The largest absolute Gasteiger partial charge is 0.398 e. The van der Waals surface area contributed by atoms with E-state index in [1.807, 2.05) is 22.7 Å². The Kier molecular flexibility index (Phi) is 2.31. The van der Waals surface area contributed by atoms with Crippen LogP contribution < -0.4 is 5.73 Å². The SMILES string of the molecule is Nc1ccc2nc(C3CCCCC3)cn2c1. The Morgan fingerprint density at radius 2 is 1.94 bits per heavy atom. The molecule has 1 saturated carbocycles. The van der Waals surface area contributed by atoms with E-state index in [1.165, 1.54) is 37.8 Å². The first-order valence-electron chi connectivity index (χ1n) is 6.07. The second-order valence-electron chi connectivity index (χ2n) is 4.73. The first kappa shape index (κ1) is 9.70. The zero-order valence-electron chi connectivity index (χ0n) is 9.39. The van der Waals surface area contributed by atoms with E-state index in [4.69, 9.17) is 5.73 Å². The van der Waals surface area contributed by atoms with Crippen molar-refractivity contribution in [2.24, 2.45) is 0 Å². The van der Waals surface area contributed by atoms with Crippen molar-refractivity contribution in [2.45, 2.75) is 38.0 Å². The topological polar surface area (TPSA) is 43.3 Å². The van der Waals surface area contributed by atoms with E-state index in [2.05, 4.69) is 11.2 Å². The Morgan fingerprint density at radius 3 is 2.75 bits per heavy atom. The molecule has 2 aromatic rings. The second kappa shape index (κ2) is 3.81. The summed E-state index contributed by atoms with van der Waals surface area (Å²) in [6.07, 6.45) is 10.7. The summed E-state index contributed by atoms with van der Waals surface area (Å²) in [4.78, 5) is 4.68. The van der Waals surface area contributed by atoms with Crippen LogP contribution in [0.3, 0.4) is 0 Å². The van der Waals surface area contributed by atoms with Crippen molar-refractivity contribution in [1.29, 1.82) is 0 Å². The van der Waals surface area contributed by atoms with Gasteiger partial charge >= 0.3 is 0 Å². The van der Waals surface area contributed by atoms with Crippen LogP contribution in [-0.4, -0.2) is 9.38 Å². The molecule has 0 aliphatic heterocycles. The molecule has 0 amide bonds. The number of anilines is 1. The third-order valence-electron chi connectivity index (χ3n) is 3.52. The van der Waals surface area contributed by atoms with Crippen LogP contribution >= 0.6 is 0 Å². The lowest BCUT2D eigenvalue weighted by Crippen LogP contribution is -2.04. The van der Waals surface area contributed by atoms with Crippen molar-refractivity contribution < 1.29 is 0 Å². The number of hydrogen-bond donors (Lipinski definition) is 1. The van der Waals surface area contributed by atoms with Crippen molar-refractivity contribution in [3.05, 3.63) is 30.2 Å². The van der Waals surface area contributed by atoms with Gasteiger partial charge in [0.1, 0.15) is 5.65 Å². The first-order chi connectivity index (χ1) is 7.83. The summed E-state index contributed by atoms with van der Waals surface area (Å²) in [5, 5.41) is 0. The van der Waals surface area contributed by atoms with Crippen LogP contribution in [0.25, 0.3) is 5.65 Å². The molecule has 84 valence electrons. The minimum absolute atomic E-state index is 0.662. The Labute approximate surface area is 95.3 Å². The molecule has 0 unspecified atom stereocenters. The lowest BCUT2D eigenvalue weighted by molar-refractivity contribution is 0.438. The van der Waals surface area contributed by atoms with E-state index < -0.39 is 0 Å². The summed E-state index contributed by atoms with van der Waals surface area (Å²) in [6, 6.07) is 3.90. The number of aromatic nitrogens is 2. The van der Waals surface area contributed by atoms with Gasteiger partial charge in [-0.05, 0) is 25.0 Å². The van der Waals surface area contributed by atoms with E-state index in [0.29, 0.717) is 5.92 Å². The van der Waals surface area contributed by atoms with E-state index in [1.54, 1.807) is 0 Å². The molecule has 0 spiro atoms. The highest BCUT2D eigenvalue weighted by Gasteiger charge is 2.18. The molecule has 0 saturated heterocycles. The Morgan fingerprint density at radius 1 is 1.12 bits per heavy atom. The van der Waals surface area contributed by atoms with Gasteiger partial charge in [-0.2, -0.15) is 0 Å². The molecule has 16 heavy (non-hydrogen) atoms. The lowest BCUT2D eigenvalue weighted by atomic mass is 9.87. The fourth-order valence-electron chi connectivity index (χ4n) is 2.62.